The number of piperidine rings is 1. The van der Waals surface area contributed by atoms with Crippen LogP contribution in [0.2, 0.25) is 0 Å². The first-order chi connectivity index (χ1) is 13.5. The number of thiophene rings is 1. The Hall–Kier alpha value is -2.25. The topological polar surface area (TPSA) is 52.7 Å². The van der Waals surface area contributed by atoms with E-state index < -0.39 is 5.54 Å². The van der Waals surface area contributed by atoms with Gasteiger partial charge in [-0.15, -0.1) is 0 Å². The molecule has 2 aliphatic heterocycles. The molecule has 1 atom stereocenters. The van der Waals surface area contributed by atoms with Gasteiger partial charge in [-0.25, -0.2) is 9.18 Å². The van der Waals surface area contributed by atoms with Crippen LogP contribution in [0, 0.1) is 11.7 Å². The third kappa shape index (κ3) is 3.69. The molecular formula is C21H24FN3O2S. The molecule has 2 aromatic rings. The van der Waals surface area contributed by atoms with E-state index in [1.807, 2.05) is 29.8 Å². The van der Waals surface area contributed by atoms with E-state index in [4.69, 9.17) is 0 Å². The Labute approximate surface area is 168 Å². The minimum absolute atomic E-state index is 0.0974. The van der Waals surface area contributed by atoms with Crippen molar-refractivity contribution in [3.63, 3.8) is 0 Å². The predicted molar refractivity (Wildman–Crippen MR) is 106 cm³/mol. The second-order valence-corrected chi connectivity index (χ2v) is 8.62. The molecule has 5 nitrogen and oxygen atoms in total. The zero-order valence-corrected chi connectivity index (χ0v) is 16.7. The number of likely N-dealkylation sites (tertiary alicyclic amines) is 1. The lowest BCUT2D eigenvalue weighted by Crippen LogP contribution is -2.53. The Morgan fingerprint density at radius 2 is 1.96 bits per heavy atom. The third-order valence-corrected chi connectivity index (χ3v) is 6.65. The van der Waals surface area contributed by atoms with Crippen LogP contribution in [0.1, 0.15) is 30.9 Å². The summed E-state index contributed by atoms with van der Waals surface area (Å²) in [6, 6.07) is 8.31. The van der Waals surface area contributed by atoms with Crippen molar-refractivity contribution in [2.45, 2.75) is 38.4 Å². The zero-order valence-electron chi connectivity index (χ0n) is 15.9. The van der Waals surface area contributed by atoms with E-state index in [2.05, 4.69) is 10.2 Å². The number of amides is 3. The van der Waals surface area contributed by atoms with Gasteiger partial charge >= 0.3 is 6.03 Å². The predicted octanol–water partition coefficient (Wildman–Crippen LogP) is 3.61. The van der Waals surface area contributed by atoms with Crippen molar-refractivity contribution in [1.29, 1.82) is 0 Å². The molecule has 2 aliphatic rings. The second kappa shape index (κ2) is 7.64. The summed E-state index contributed by atoms with van der Waals surface area (Å²) >= 11 is 1.56. The van der Waals surface area contributed by atoms with Crippen LogP contribution in [0.5, 0.6) is 0 Å². The number of hydrogen-bond acceptors (Lipinski definition) is 4. The first-order valence-electron chi connectivity index (χ1n) is 9.58. The molecule has 148 valence electrons. The van der Waals surface area contributed by atoms with Gasteiger partial charge in [-0.05, 0) is 78.9 Å². The number of halogens is 1. The molecule has 7 heteroatoms. The molecule has 1 unspecified atom stereocenters. The molecule has 2 saturated heterocycles. The molecule has 3 heterocycles. The largest absolute Gasteiger partial charge is 0.325 e. The summed E-state index contributed by atoms with van der Waals surface area (Å²) in [7, 11) is 0. The highest BCUT2D eigenvalue weighted by atomic mass is 32.1. The van der Waals surface area contributed by atoms with Gasteiger partial charge in [0.15, 0.2) is 0 Å². The minimum Gasteiger partial charge on any atom is -0.323 e. The fourth-order valence-electron chi connectivity index (χ4n) is 4.26. The smallest absolute Gasteiger partial charge is 0.323 e. The van der Waals surface area contributed by atoms with E-state index in [0.717, 1.165) is 37.1 Å². The molecule has 0 saturated carbocycles. The van der Waals surface area contributed by atoms with Crippen LogP contribution >= 0.6 is 11.3 Å². The molecule has 1 aromatic carbocycles. The minimum atomic E-state index is -0.849. The lowest BCUT2D eigenvalue weighted by atomic mass is 9.79. The van der Waals surface area contributed by atoms with Crippen molar-refractivity contribution in [2.24, 2.45) is 5.92 Å². The number of nitrogens with zero attached hydrogens (tertiary/aromatic N) is 2. The summed E-state index contributed by atoms with van der Waals surface area (Å²) in [5.74, 6) is -0.252. The van der Waals surface area contributed by atoms with Crippen LogP contribution in [0.3, 0.4) is 0 Å². The highest BCUT2D eigenvalue weighted by molar-refractivity contribution is 7.07. The standard InChI is InChI=1S/C21H24FN3O2S/c1-21(19(26)25(20(27)23-21)13-16-7-10-28-14-16)17-5-8-24(9-6-17)12-15-3-2-4-18(22)11-15/h2-4,7,10-11,14,17H,5-6,8-9,12-13H2,1H3,(H,23,27). The Bertz CT molecular complexity index is 864. The summed E-state index contributed by atoms with van der Waals surface area (Å²) in [4.78, 5) is 29.1. The number of nitrogens with one attached hydrogen (secondary N) is 1. The van der Waals surface area contributed by atoms with Crippen LogP contribution in [0.4, 0.5) is 9.18 Å². The van der Waals surface area contributed by atoms with Crippen molar-refractivity contribution in [2.75, 3.05) is 13.1 Å². The molecule has 1 N–H and O–H groups in total. The van der Waals surface area contributed by atoms with Crippen molar-refractivity contribution in [1.82, 2.24) is 15.1 Å². The Balaban J connectivity index is 1.38. The van der Waals surface area contributed by atoms with E-state index >= 15 is 0 Å². The Morgan fingerprint density at radius 3 is 2.64 bits per heavy atom. The second-order valence-electron chi connectivity index (χ2n) is 7.84. The van der Waals surface area contributed by atoms with E-state index in [1.54, 1.807) is 23.5 Å². The van der Waals surface area contributed by atoms with Crippen LogP contribution in [0.15, 0.2) is 41.1 Å². The third-order valence-electron chi connectivity index (χ3n) is 5.92. The lowest BCUT2D eigenvalue weighted by Gasteiger charge is -2.39. The van der Waals surface area contributed by atoms with E-state index in [-0.39, 0.29) is 23.7 Å². The van der Waals surface area contributed by atoms with Gasteiger partial charge in [-0.2, -0.15) is 11.3 Å². The monoisotopic (exact) mass is 401 g/mol. The number of rotatable bonds is 5. The molecule has 0 bridgehead atoms. The first-order valence-corrected chi connectivity index (χ1v) is 10.5. The highest BCUT2D eigenvalue weighted by Gasteiger charge is 2.52. The van der Waals surface area contributed by atoms with Crippen molar-refractivity contribution in [3.05, 3.63) is 58.0 Å². The average molecular weight is 402 g/mol. The van der Waals surface area contributed by atoms with E-state index in [0.29, 0.717) is 13.1 Å². The molecule has 3 amide bonds. The summed E-state index contributed by atoms with van der Waals surface area (Å²) in [5.41, 5.74) is 1.08. The maximum atomic E-state index is 13.4. The number of carbonyl (C=O) groups is 2. The van der Waals surface area contributed by atoms with Gasteiger partial charge in [-0.3, -0.25) is 14.6 Å². The van der Waals surface area contributed by atoms with Crippen molar-refractivity contribution < 1.29 is 14.0 Å². The SMILES string of the molecule is CC1(C2CCN(Cc3cccc(F)c3)CC2)NC(=O)N(Cc2ccsc2)C1=O. The molecule has 0 aliphatic carbocycles. The molecule has 28 heavy (non-hydrogen) atoms. The molecule has 0 radical (unpaired) electrons. The molecule has 1 aromatic heterocycles. The summed E-state index contributed by atoms with van der Waals surface area (Å²) in [6.45, 7) is 4.52. The number of hydrogen-bond donors (Lipinski definition) is 1. The number of carbonyl (C=O) groups excluding carboxylic acids is 2. The van der Waals surface area contributed by atoms with Gasteiger partial charge in [0.1, 0.15) is 11.4 Å². The summed E-state index contributed by atoms with van der Waals surface area (Å²) in [6.07, 6.45) is 1.65. The van der Waals surface area contributed by atoms with Gasteiger partial charge in [0.05, 0.1) is 6.54 Å². The van der Waals surface area contributed by atoms with E-state index in [9.17, 15) is 14.0 Å². The van der Waals surface area contributed by atoms with Crippen LogP contribution in [-0.2, 0) is 17.9 Å². The van der Waals surface area contributed by atoms with Gasteiger partial charge in [0.25, 0.3) is 5.91 Å². The summed E-state index contributed by atoms with van der Waals surface area (Å²) in [5, 5.41) is 6.86. The van der Waals surface area contributed by atoms with Crippen molar-refractivity contribution >= 4 is 23.3 Å². The van der Waals surface area contributed by atoms with Crippen LogP contribution in [0.25, 0.3) is 0 Å². The molecule has 2 fully saturated rings. The molecular weight excluding hydrogens is 377 g/mol. The Morgan fingerprint density at radius 1 is 1.18 bits per heavy atom. The fraction of sp³-hybridized carbons (Fsp3) is 0.429. The highest BCUT2D eigenvalue weighted by Crippen LogP contribution is 2.34. The van der Waals surface area contributed by atoms with Gasteiger partial charge in [0.2, 0.25) is 0 Å². The zero-order chi connectivity index (χ0) is 19.7. The van der Waals surface area contributed by atoms with E-state index in [1.165, 1.54) is 11.0 Å². The maximum Gasteiger partial charge on any atom is 0.325 e. The normalized spacial score (nSPS) is 24.0. The molecule has 4 rings (SSSR count). The number of urea groups is 1. The number of imide groups is 1. The van der Waals surface area contributed by atoms with Gasteiger partial charge in [0, 0.05) is 6.54 Å². The lowest BCUT2D eigenvalue weighted by molar-refractivity contribution is -0.133. The van der Waals surface area contributed by atoms with Crippen LogP contribution < -0.4 is 5.32 Å². The molecule has 0 spiro atoms. The maximum absolute atomic E-state index is 13.4. The van der Waals surface area contributed by atoms with Crippen LogP contribution in [-0.4, -0.2) is 40.4 Å². The first kappa shape index (κ1) is 19.1. The van der Waals surface area contributed by atoms with Crippen molar-refractivity contribution in [3.8, 4) is 0 Å². The fourth-order valence-corrected chi connectivity index (χ4v) is 4.92. The quantitative estimate of drug-likeness (QED) is 0.779. The number of benzene rings is 1. The Kier molecular flexibility index (Phi) is 5.21. The van der Waals surface area contributed by atoms with Gasteiger partial charge in [-0.1, -0.05) is 12.1 Å². The summed E-state index contributed by atoms with van der Waals surface area (Å²) < 4.78 is 13.4. The van der Waals surface area contributed by atoms with Gasteiger partial charge < -0.3 is 5.32 Å². The average Bonchev–Trinajstić information content (AvgIpc) is 3.26.